The van der Waals surface area contributed by atoms with Crippen LogP contribution in [0.15, 0.2) is 24.3 Å². The number of nitrogens with zero attached hydrogens (tertiary/aromatic N) is 1. The molecule has 29 heavy (non-hydrogen) atoms. The molecule has 0 spiro atoms. The number of piperidine rings is 1. The first-order valence-electron chi connectivity index (χ1n) is 10.5. The van der Waals surface area contributed by atoms with Gasteiger partial charge < -0.3 is 20.3 Å². The number of likely N-dealkylation sites (tertiary alicyclic amines) is 1. The molecule has 3 rings (SSSR count). The molecule has 3 amide bonds. The fourth-order valence-corrected chi connectivity index (χ4v) is 4.25. The van der Waals surface area contributed by atoms with Gasteiger partial charge in [0, 0.05) is 37.7 Å². The summed E-state index contributed by atoms with van der Waals surface area (Å²) in [6.07, 6.45) is 5.40. The minimum Gasteiger partial charge on any atom is -0.497 e. The first kappa shape index (κ1) is 21.1. The van der Waals surface area contributed by atoms with Gasteiger partial charge in [0.2, 0.25) is 11.8 Å². The topological polar surface area (TPSA) is 87.7 Å². The number of hydrogen-bond donors (Lipinski definition) is 2. The largest absolute Gasteiger partial charge is 0.497 e. The normalized spacial score (nSPS) is 24.5. The fraction of sp³-hybridized carbons (Fsp3) is 0.591. The van der Waals surface area contributed by atoms with Gasteiger partial charge in [0.25, 0.3) is 5.91 Å². The van der Waals surface area contributed by atoms with E-state index in [4.69, 9.17) is 4.74 Å². The maximum atomic E-state index is 12.8. The lowest BCUT2D eigenvalue weighted by Crippen LogP contribution is -2.55. The van der Waals surface area contributed by atoms with Gasteiger partial charge in [0.15, 0.2) is 0 Å². The van der Waals surface area contributed by atoms with Gasteiger partial charge in [-0.1, -0.05) is 12.8 Å². The van der Waals surface area contributed by atoms with Crippen LogP contribution in [0.25, 0.3) is 0 Å². The van der Waals surface area contributed by atoms with Gasteiger partial charge in [-0.15, -0.1) is 0 Å². The number of nitrogens with one attached hydrogen (secondary N) is 2. The summed E-state index contributed by atoms with van der Waals surface area (Å²) in [6, 6.07) is 6.84. The number of amides is 3. The van der Waals surface area contributed by atoms with Crippen LogP contribution in [0.1, 0.15) is 55.8 Å². The monoisotopic (exact) mass is 401 g/mol. The highest BCUT2D eigenvalue weighted by molar-refractivity contribution is 5.94. The quantitative estimate of drug-likeness (QED) is 0.791. The summed E-state index contributed by atoms with van der Waals surface area (Å²) < 4.78 is 5.14. The number of carbonyl (C=O) groups excluding carboxylic acids is 3. The molecule has 0 bridgehead atoms. The summed E-state index contributed by atoms with van der Waals surface area (Å²) in [4.78, 5) is 38.9. The standard InChI is InChI=1S/C22H31N3O4/c1-15(26)25-13-5-6-17(14-25)22(28)24-20-8-4-3-7-19(20)23-21(27)16-9-11-18(29-2)12-10-16/h9-12,17,19-20H,3-8,13-14H2,1-2H3,(H,23,27)(H,24,28)/t17?,19-,20-/m1/s1. The third kappa shape index (κ3) is 5.49. The zero-order valence-corrected chi connectivity index (χ0v) is 17.3. The van der Waals surface area contributed by atoms with Gasteiger partial charge in [0.1, 0.15) is 5.75 Å². The highest BCUT2D eigenvalue weighted by atomic mass is 16.5. The van der Waals surface area contributed by atoms with Crippen molar-refractivity contribution in [1.82, 2.24) is 15.5 Å². The molecule has 0 radical (unpaired) electrons. The van der Waals surface area contributed by atoms with Crippen molar-refractivity contribution in [1.29, 1.82) is 0 Å². The molecule has 7 heteroatoms. The Hall–Kier alpha value is -2.57. The van der Waals surface area contributed by atoms with Crippen LogP contribution >= 0.6 is 0 Å². The Morgan fingerprint density at radius 3 is 2.24 bits per heavy atom. The van der Waals surface area contributed by atoms with Crippen molar-refractivity contribution in [3.05, 3.63) is 29.8 Å². The minimum absolute atomic E-state index is 0.00783. The van der Waals surface area contributed by atoms with Gasteiger partial charge in [-0.2, -0.15) is 0 Å². The Bertz CT molecular complexity index is 734. The number of benzene rings is 1. The third-order valence-electron chi connectivity index (χ3n) is 6.00. The zero-order chi connectivity index (χ0) is 20.8. The van der Waals surface area contributed by atoms with Crippen molar-refractivity contribution in [2.45, 2.75) is 57.5 Å². The molecule has 2 aliphatic rings. The number of carbonyl (C=O) groups is 3. The lowest BCUT2D eigenvalue weighted by atomic mass is 9.88. The molecule has 1 aliphatic heterocycles. The molecule has 2 N–H and O–H groups in total. The number of rotatable bonds is 5. The Kier molecular flexibility index (Phi) is 7.12. The molecule has 3 atom stereocenters. The van der Waals surface area contributed by atoms with E-state index in [9.17, 15) is 14.4 Å². The molecule has 2 fully saturated rings. The fourth-order valence-electron chi connectivity index (χ4n) is 4.25. The maximum absolute atomic E-state index is 12.8. The number of methoxy groups -OCH3 is 1. The highest BCUT2D eigenvalue weighted by Crippen LogP contribution is 2.22. The van der Waals surface area contributed by atoms with Crippen LogP contribution in [0.4, 0.5) is 0 Å². The highest BCUT2D eigenvalue weighted by Gasteiger charge is 2.32. The molecule has 1 aromatic rings. The van der Waals surface area contributed by atoms with Crippen LogP contribution in [0.5, 0.6) is 5.75 Å². The second kappa shape index (κ2) is 9.76. The summed E-state index contributed by atoms with van der Waals surface area (Å²) in [6.45, 7) is 2.76. The van der Waals surface area contributed by atoms with Crippen molar-refractivity contribution in [2.75, 3.05) is 20.2 Å². The van der Waals surface area contributed by atoms with Crippen LogP contribution < -0.4 is 15.4 Å². The lowest BCUT2D eigenvalue weighted by molar-refractivity contribution is -0.134. The number of ether oxygens (including phenoxy) is 1. The summed E-state index contributed by atoms with van der Waals surface area (Å²) in [5, 5.41) is 6.26. The zero-order valence-electron chi connectivity index (χ0n) is 17.3. The van der Waals surface area contributed by atoms with E-state index < -0.39 is 0 Å². The Morgan fingerprint density at radius 2 is 1.62 bits per heavy atom. The van der Waals surface area contributed by atoms with Crippen molar-refractivity contribution >= 4 is 17.7 Å². The predicted octanol–water partition coefficient (Wildman–Crippen LogP) is 2.11. The van der Waals surface area contributed by atoms with Crippen LogP contribution in [-0.2, 0) is 9.59 Å². The molecule has 0 aromatic heterocycles. The van der Waals surface area contributed by atoms with Crippen LogP contribution in [-0.4, -0.2) is 54.9 Å². The van der Waals surface area contributed by atoms with Gasteiger partial charge in [-0.3, -0.25) is 14.4 Å². The van der Waals surface area contributed by atoms with Crippen LogP contribution in [0.2, 0.25) is 0 Å². The molecular weight excluding hydrogens is 370 g/mol. The van der Waals surface area contributed by atoms with Crippen molar-refractivity contribution in [2.24, 2.45) is 5.92 Å². The van der Waals surface area contributed by atoms with Crippen LogP contribution in [0, 0.1) is 5.92 Å². The first-order valence-corrected chi connectivity index (χ1v) is 10.5. The molecule has 1 aromatic carbocycles. The SMILES string of the molecule is COc1ccc(C(=O)N[C@@H]2CCCC[C@H]2NC(=O)C2CCCN(C(C)=O)C2)cc1. The van der Waals surface area contributed by atoms with Crippen molar-refractivity contribution in [3.63, 3.8) is 0 Å². The van der Waals surface area contributed by atoms with E-state index >= 15 is 0 Å². The van der Waals surface area contributed by atoms with Crippen LogP contribution in [0.3, 0.4) is 0 Å². The summed E-state index contributed by atoms with van der Waals surface area (Å²) in [5.74, 6) is 0.402. The maximum Gasteiger partial charge on any atom is 0.251 e. The van der Waals surface area contributed by atoms with Gasteiger partial charge in [-0.25, -0.2) is 0 Å². The van der Waals surface area contributed by atoms with Crippen molar-refractivity contribution < 1.29 is 19.1 Å². The Morgan fingerprint density at radius 1 is 0.966 bits per heavy atom. The average Bonchev–Trinajstić information content (AvgIpc) is 2.75. The van der Waals surface area contributed by atoms with E-state index in [-0.39, 0.29) is 35.7 Å². The van der Waals surface area contributed by atoms with Gasteiger partial charge >= 0.3 is 0 Å². The Balaban J connectivity index is 1.59. The van der Waals surface area contributed by atoms with E-state index in [1.54, 1.807) is 43.2 Å². The molecule has 158 valence electrons. The minimum atomic E-state index is -0.174. The lowest BCUT2D eigenvalue weighted by Gasteiger charge is -2.36. The second-order valence-electron chi connectivity index (χ2n) is 8.01. The first-order chi connectivity index (χ1) is 14.0. The van der Waals surface area contributed by atoms with E-state index in [2.05, 4.69) is 10.6 Å². The van der Waals surface area contributed by atoms with E-state index in [1.807, 2.05) is 0 Å². The molecular formula is C22H31N3O4. The average molecular weight is 402 g/mol. The van der Waals surface area contributed by atoms with E-state index in [0.29, 0.717) is 17.9 Å². The van der Waals surface area contributed by atoms with E-state index in [1.165, 1.54) is 0 Å². The molecule has 1 saturated carbocycles. The summed E-state index contributed by atoms with van der Waals surface area (Å²) >= 11 is 0. The summed E-state index contributed by atoms with van der Waals surface area (Å²) in [7, 11) is 1.59. The molecule has 1 saturated heterocycles. The number of hydrogen-bond acceptors (Lipinski definition) is 4. The van der Waals surface area contributed by atoms with E-state index in [0.717, 1.165) is 45.1 Å². The molecule has 7 nitrogen and oxygen atoms in total. The Labute approximate surface area is 172 Å². The predicted molar refractivity (Wildman–Crippen MR) is 110 cm³/mol. The van der Waals surface area contributed by atoms with Gasteiger partial charge in [-0.05, 0) is 49.9 Å². The van der Waals surface area contributed by atoms with Gasteiger partial charge in [0.05, 0.1) is 13.0 Å². The molecule has 1 aliphatic carbocycles. The molecule has 1 heterocycles. The summed E-state index contributed by atoms with van der Waals surface area (Å²) in [5.41, 5.74) is 0.575. The smallest absolute Gasteiger partial charge is 0.251 e. The third-order valence-corrected chi connectivity index (χ3v) is 6.00. The molecule has 1 unspecified atom stereocenters. The second-order valence-corrected chi connectivity index (χ2v) is 8.01. The van der Waals surface area contributed by atoms with Crippen molar-refractivity contribution in [3.8, 4) is 5.75 Å².